The Labute approximate surface area is 160 Å². The van der Waals surface area contributed by atoms with E-state index in [2.05, 4.69) is 28.4 Å². The van der Waals surface area contributed by atoms with Gasteiger partial charge in [-0.2, -0.15) is 4.98 Å². The molecule has 1 aliphatic rings. The van der Waals surface area contributed by atoms with E-state index in [1.165, 1.54) is 12.8 Å². The van der Waals surface area contributed by atoms with Gasteiger partial charge in [0.2, 0.25) is 5.95 Å². The van der Waals surface area contributed by atoms with E-state index in [1.54, 1.807) is 7.11 Å². The standard InChI is InChI=1S/C22H24N4O/c1-27-20-12-6-5-11-18(20)16-23-22-24-19(17-9-3-2-4-10-17)15-21(25-22)26-13-7-8-14-26/h2-6,9-12,15H,7-8,13-14,16H2,1H3,(H,23,24,25). The van der Waals surface area contributed by atoms with Gasteiger partial charge in [-0.25, -0.2) is 4.98 Å². The number of para-hydroxylation sites is 1. The van der Waals surface area contributed by atoms with Crippen LogP contribution < -0.4 is 15.0 Å². The topological polar surface area (TPSA) is 50.3 Å². The van der Waals surface area contributed by atoms with Gasteiger partial charge in [0.15, 0.2) is 0 Å². The van der Waals surface area contributed by atoms with Gasteiger partial charge in [0.25, 0.3) is 0 Å². The van der Waals surface area contributed by atoms with Crippen LogP contribution in [0.5, 0.6) is 5.75 Å². The molecule has 2 heterocycles. The number of nitrogens with zero attached hydrogens (tertiary/aromatic N) is 3. The average molecular weight is 360 g/mol. The van der Waals surface area contributed by atoms with Crippen LogP contribution in [-0.4, -0.2) is 30.2 Å². The first-order chi connectivity index (χ1) is 13.3. The number of hydrogen-bond acceptors (Lipinski definition) is 5. The van der Waals surface area contributed by atoms with Gasteiger partial charge in [-0.1, -0.05) is 48.5 Å². The maximum atomic E-state index is 5.44. The van der Waals surface area contributed by atoms with Crippen LogP contribution in [0.2, 0.25) is 0 Å². The van der Waals surface area contributed by atoms with Crippen molar-refractivity contribution in [3.05, 3.63) is 66.2 Å². The van der Waals surface area contributed by atoms with Crippen LogP contribution in [-0.2, 0) is 6.54 Å². The number of aromatic nitrogens is 2. The number of methoxy groups -OCH3 is 1. The van der Waals surface area contributed by atoms with Crippen molar-refractivity contribution in [2.24, 2.45) is 0 Å². The molecule has 0 bridgehead atoms. The molecule has 4 rings (SSSR count). The van der Waals surface area contributed by atoms with Gasteiger partial charge in [0.05, 0.1) is 12.8 Å². The average Bonchev–Trinajstić information content (AvgIpc) is 3.28. The van der Waals surface area contributed by atoms with Crippen molar-refractivity contribution in [1.82, 2.24) is 9.97 Å². The third kappa shape index (κ3) is 4.03. The highest BCUT2D eigenvalue weighted by atomic mass is 16.5. The largest absolute Gasteiger partial charge is 0.496 e. The summed E-state index contributed by atoms with van der Waals surface area (Å²) in [6.07, 6.45) is 2.43. The Bertz CT molecular complexity index is 892. The summed E-state index contributed by atoms with van der Waals surface area (Å²) in [6.45, 7) is 2.72. The lowest BCUT2D eigenvalue weighted by atomic mass is 10.1. The Balaban J connectivity index is 1.63. The first kappa shape index (κ1) is 17.3. The molecule has 0 unspecified atom stereocenters. The van der Waals surface area contributed by atoms with Crippen molar-refractivity contribution in [2.45, 2.75) is 19.4 Å². The monoisotopic (exact) mass is 360 g/mol. The lowest BCUT2D eigenvalue weighted by Gasteiger charge is -2.18. The van der Waals surface area contributed by atoms with Gasteiger partial charge >= 0.3 is 0 Å². The van der Waals surface area contributed by atoms with E-state index < -0.39 is 0 Å². The van der Waals surface area contributed by atoms with Crippen LogP contribution >= 0.6 is 0 Å². The summed E-state index contributed by atoms with van der Waals surface area (Å²) < 4.78 is 5.44. The maximum Gasteiger partial charge on any atom is 0.225 e. The molecule has 0 saturated carbocycles. The second kappa shape index (κ2) is 8.08. The van der Waals surface area contributed by atoms with Crippen molar-refractivity contribution in [3.63, 3.8) is 0 Å². The minimum atomic E-state index is 0.613. The molecular weight excluding hydrogens is 336 g/mol. The number of benzene rings is 2. The zero-order valence-corrected chi connectivity index (χ0v) is 15.6. The highest BCUT2D eigenvalue weighted by molar-refractivity contribution is 5.65. The van der Waals surface area contributed by atoms with Crippen molar-refractivity contribution in [2.75, 3.05) is 30.4 Å². The number of hydrogen-bond donors (Lipinski definition) is 1. The zero-order chi connectivity index (χ0) is 18.5. The fourth-order valence-corrected chi connectivity index (χ4v) is 3.40. The highest BCUT2D eigenvalue weighted by Gasteiger charge is 2.16. The molecule has 138 valence electrons. The molecule has 3 aromatic rings. The first-order valence-corrected chi connectivity index (χ1v) is 9.39. The Morgan fingerprint density at radius 2 is 1.70 bits per heavy atom. The fraction of sp³-hybridized carbons (Fsp3) is 0.273. The molecule has 27 heavy (non-hydrogen) atoms. The van der Waals surface area contributed by atoms with Gasteiger partial charge in [0, 0.05) is 36.8 Å². The van der Waals surface area contributed by atoms with E-state index in [9.17, 15) is 0 Å². The van der Waals surface area contributed by atoms with E-state index in [0.717, 1.165) is 41.5 Å². The van der Waals surface area contributed by atoms with Crippen LogP contribution in [0.3, 0.4) is 0 Å². The van der Waals surface area contributed by atoms with Crippen LogP contribution in [0.15, 0.2) is 60.7 Å². The second-order valence-corrected chi connectivity index (χ2v) is 6.66. The Kier molecular flexibility index (Phi) is 5.19. The molecular formula is C22H24N4O. The summed E-state index contributed by atoms with van der Waals surface area (Å²) in [4.78, 5) is 11.9. The summed E-state index contributed by atoms with van der Waals surface area (Å²) in [5, 5.41) is 3.38. The molecule has 5 heteroatoms. The maximum absolute atomic E-state index is 5.44. The van der Waals surface area contributed by atoms with Crippen LogP contribution in [0, 0.1) is 0 Å². The Hall–Kier alpha value is -3.08. The zero-order valence-electron chi connectivity index (χ0n) is 15.6. The minimum absolute atomic E-state index is 0.613. The summed E-state index contributed by atoms with van der Waals surface area (Å²) in [6, 6.07) is 20.4. The smallest absolute Gasteiger partial charge is 0.225 e. The SMILES string of the molecule is COc1ccccc1CNc1nc(-c2ccccc2)cc(N2CCCC2)n1. The van der Waals surface area contributed by atoms with Gasteiger partial charge in [0.1, 0.15) is 11.6 Å². The number of anilines is 2. The molecule has 1 saturated heterocycles. The molecule has 0 atom stereocenters. The molecule has 1 N–H and O–H groups in total. The molecule has 1 aliphatic heterocycles. The first-order valence-electron chi connectivity index (χ1n) is 9.39. The molecule has 0 amide bonds. The third-order valence-electron chi connectivity index (χ3n) is 4.84. The summed E-state index contributed by atoms with van der Waals surface area (Å²) in [7, 11) is 1.69. The third-order valence-corrected chi connectivity index (χ3v) is 4.84. The summed E-state index contributed by atoms with van der Waals surface area (Å²) in [5.41, 5.74) is 3.12. The lowest BCUT2D eigenvalue weighted by Crippen LogP contribution is -2.20. The number of rotatable bonds is 6. The second-order valence-electron chi connectivity index (χ2n) is 6.66. The van der Waals surface area contributed by atoms with Gasteiger partial charge < -0.3 is 15.0 Å². The molecule has 0 aliphatic carbocycles. The number of nitrogens with one attached hydrogen (secondary N) is 1. The molecule has 1 aromatic heterocycles. The van der Waals surface area contributed by atoms with Gasteiger partial charge in [-0.15, -0.1) is 0 Å². The molecule has 2 aromatic carbocycles. The predicted molar refractivity (Wildman–Crippen MR) is 109 cm³/mol. The summed E-state index contributed by atoms with van der Waals surface area (Å²) in [5.74, 6) is 2.50. The molecule has 0 spiro atoms. The van der Waals surface area contributed by atoms with Crippen LogP contribution in [0.4, 0.5) is 11.8 Å². The van der Waals surface area contributed by atoms with Crippen molar-refractivity contribution >= 4 is 11.8 Å². The Morgan fingerprint density at radius 3 is 2.48 bits per heavy atom. The minimum Gasteiger partial charge on any atom is -0.496 e. The number of ether oxygens (including phenoxy) is 1. The lowest BCUT2D eigenvalue weighted by molar-refractivity contribution is 0.410. The quantitative estimate of drug-likeness (QED) is 0.708. The highest BCUT2D eigenvalue weighted by Crippen LogP contribution is 2.26. The van der Waals surface area contributed by atoms with Crippen LogP contribution in [0.1, 0.15) is 18.4 Å². The van der Waals surface area contributed by atoms with E-state index >= 15 is 0 Å². The van der Waals surface area contributed by atoms with E-state index in [0.29, 0.717) is 12.5 Å². The van der Waals surface area contributed by atoms with Gasteiger partial charge in [-0.05, 0) is 18.9 Å². The summed E-state index contributed by atoms with van der Waals surface area (Å²) >= 11 is 0. The van der Waals surface area contributed by atoms with E-state index in [1.807, 2.05) is 42.5 Å². The van der Waals surface area contributed by atoms with Crippen molar-refractivity contribution in [3.8, 4) is 17.0 Å². The van der Waals surface area contributed by atoms with Crippen molar-refractivity contribution < 1.29 is 4.74 Å². The Morgan fingerprint density at radius 1 is 0.963 bits per heavy atom. The molecule has 5 nitrogen and oxygen atoms in total. The van der Waals surface area contributed by atoms with Crippen molar-refractivity contribution in [1.29, 1.82) is 0 Å². The van der Waals surface area contributed by atoms with Gasteiger partial charge in [-0.3, -0.25) is 0 Å². The fourth-order valence-electron chi connectivity index (χ4n) is 3.40. The van der Waals surface area contributed by atoms with Crippen LogP contribution in [0.25, 0.3) is 11.3 Å². The molecule has 1 fully saturated rings. The molecule has 0 radical (unpaired) electrons. The predicted octanol–water partition coefficient (Wildman–Crippen LogP) is 4.36. The van der Waals surface area contributed by atoms with E-state index in [4.69, 9.17) is 14.7 Å². The normalized spacial score (nSPS) is 13.6. The van der Waals surface area contributed by atoms with E-state index in [-0.39, 0.29) is 0 Å².